The van der Waals surface area contributed by atoms with Crippen LogP contribution in [0.5, 0.6) is 0 Å². The van der Waals surface area contributed by atoms with E-state index in [9.17, 15) is 4.79 Å². The molecule has 0 radical (unpaired) electrons. The Morgan fingerprint density at radius 2 is 1.50 bits per heavy atom. The van der Waals surface area contributed by atoms with Crippen molar-refractivity contribution in [1.82, 2.24) is 0 Å². The first-order valence-corrected chi connectivity index (χ1v) is 4.70. The standard InChI is InChI=1S/C4H8O2.CH4O.H3O4P.H2O/c1-3-6-4(2)5;1-2;1-5(2,3)4;/h3H2,1-2H3;2H,1H3;(H3,1,2,3,4);1H2. The zero-order chi connectivity index (χ0) is 11.5. The molecule has 0 amide bonds. The highest BCUT2D eigenvalue weighted by atomic mass is 31.2. The van der Waals surface area contributed by atoms with Gasteiger partial charge in [-0.25, -0.2) is 4.57 Å². The van der Waals surface area contributed by atoms with Crippen molar-refractivity contribution in [1.29, 1.82) is 0 Å². The molecule has 0 aliphatic carbocycles. The first-order valence-electron chi connectivity index (χ1n) is 3.13. The van der Waals surface area contributed by atoms with Gasteiger partial charge in [0.25, 0.3) is 0 Å². The lowest BCUT2D eigenvalue weighted by Gasteiger charge is -1.89. The molecule has 0 aromatic carbocycles. The van der Waals surface area contributed by atoms with Gasteiger partial charge in [-0.2, -0.15) is 0 Å². The lowest BCUT2D eigenvalue weighted by Crippen LogP contribution is -1.95. The topological polar surface area (TPSA) is 156 Å². The Balaban J connectivity index is -0.0000000576. The summed E-state index contributed by atoms with van der Waals surface area (Å²) in [6, 6.07) is 0. The molecule has 0 heterocycles. The number of hydrogen-bond donors (Lipinski definition) is 4. The van der Waals surface area contributed by atoms with Gasteiger partial charge in [0.15, 0.2) is 0 Å². The molecule has 0 saturated heterocycles. The molecule has 9 heteroatoms. The van der Waals surface area contributed by atoms with E-state index in [1.54, 1.807) is 6.92 Å². The van der Waals surface area contributed by atoms with E-state index in [0.29, 0.717) is 6.61 Å². The van der Waals surface area contributed by atoms with Crippen LogP contribution in [0, 0.1) is 0 Å². The van der Waals surface area contributed by atoms with E-state index in [1.807, 2.05) is 0 Å². The maximum atomic E-state index is 9.82. The molecular formula is C5H17O8P. The Kier molecular flexibility index (Phi) is 25.0. The van der Waals surface area contributed by atoms with E-state index in [-0.39, 0.29) is 11.4 Å². The maximum Gasteiger partial charge on any atom is 0.466 e. The Bertz CT molecular complexity index is 144. The Labute approximate surface area is 81.7 Å². The average molecular weight is 236 g/mol. The summed E-state index contributed by atoms with van der Waals surface area (Å²) in [6.45, 7) is 3.65. The molecule has 0 aliphatic rings. The normalized spacial score (nSPS) is 7.93. The van der Waals surface area contributed by atoms with Crippen molar-refractivity contribution in [3.63, 3.8) is 0 Å². The van der Waals surface area contributed by atoms with Crippen molar-refractivity contribution < 1.29 is 39.4 Å². The van der Waals surface area contributed by atoms with Crippen LogP contribution in [0.25, 0.3) is 0 Å². The number of ether oxygens (including phenoxy) is 1. The van der Waals surface area contributed by atoms with Crippen LogP contribution >= 0.6 is 7.82 Å². The number of hydrogen-bond acceptors (Lipinski definition) is 4. The molecule has 0 fully saturated rings. The molecule has 0 aromatic rings. The van der Waals surface area contributed by atoms with Crippen molar-refractivity contribution in [3.8, 4) is 0 Å². The number of esters is 1. The van der Waals surface area contributed by atoms with Gasteiger partial charge < -0.3 is 30.0 Å². The van der Waals surface area contributed by atoms with Crippen molar-refractivity contribution in [2.75, 3.05) is 13.7 Å². The summed E-state index contributed by atoms with van der Waals surface area (Å²) in [6.07, 6.45) is 0. The monoisotopic (exact) mass is 236 g/mol. The lowest BCUT2D eigenvalue weighted by molar-refractivity contribution is -0.140. The van der Waals surface area contributed by atoms with Gasteiger partial charge in [-0.15, -0.1) is 0 Å². The second-order valence-electron chi connectivity index (χ2n) is 1.44. The average Bonchev–Trinajstić information content (AvgIpc) is 1.87. The Hall–Kier alpha value is -0.500. The van der Waals surface area contributed by atoms with E-state index >= 15 is 0 Å². The van der Waals surface area contributed by atoms with Crippen LogP contribution in [0.2, 0.25) is 0 Å². The molecule has 6 N–H and O–H groups in total. The van der Waals surface area contributed by atoms with E-state index in [4.69, 9.17) is 24.4 Å². The second kappa shape index (κ2) is 15.0. The fourth-order valence-electron chi connectivity index (χ4n) is 0.203. The van der Waals surface area contributed by atoms with Gasteiger partial charge >= 0.3 is 13.8 Å². The van der Waals surface area contributed by atoms with Crippen LogP contribution in [-0.2, 0) is 14.1 Å². The maximum absolute atomic E-state index is 9.82. The lowest BCUT2D eigenvalue weighted by atomic mass is 10.8. The fraction of sp³-hybridized carbons (Fsp3) is 0.800. The summed E-state index contributed by atoms with van der Waals surface area (Å²) >= 11 is 0. The third-order valence-electron chi connectivity index (χ3n) is 0.348. The number of aliphatic hydroxyl groups excluding tert-OH is 1. The quantitative estimate of drug-likeness (QED) is 0.316. The highest BCUT2D eigenvalue weighted by Gasteiger charge is 2.00. The zero-order valence-electron chi connectivity index (χ0n) is 8.17. The molecule has 0 saturated carbocycles. The van der Waals surface area contributed by atoms with Gasteiger partial charge in [0, 0.05) is 14.0 Å². The predicted octanol–water partition coefficient (Wildman–Crippen LogP) is -1.58. The van der Waals surface area contributed by atoms with Gasteiger partial charge in [0.2, 0.25) is 0 Å². The van der Waals surface area contributed by atoms with E-state index in [0.717, 1.165) is 7.11 Å². The summed E-state index contributed by atoms with van der Waals surface area (Å²) < 4.78 is 13.3. The molecule has 0 aromatic heterocycles. The summed E-state index contributed by atoms with van der Waals surface area (Å²) in [5.41, 5.74) is 0. The SMILES string of the molecule is CCOC(C)=O.CO.O.O=P(O)(O)O. The molecular weight excluding hydrogens is 219 g/mol. The first-order chi connectivity index (χ1) is 5.77. The highest BCUT2D eigenvalue weighted by Crippen LogP contribution is 2.25. The highest BCUT2D eigenvalue weighted by molar-refractivity contribution is 7.45. The number of rotatable bonds is 1. The van der Waals surface area contributed by atoms with Crippen LogP contribution in [0.15, 0.2) is 0 Å². The van der Waals surface area contributed by atoms with Gasteiger partial charge in [-0.1, -0.05) is 0 Å². The van der Waals surface area contributed by atoms with Gasteiger partial charge in [0.05, 0.1) is 6.61 Å². The molecule has 8 nitrogen and oxygen atoms in total. The molecule has 14 heavy (non-hydrogen) atoms. The molecule has 0 unspecified atom stereocenters. The smallest absolute Gasteiger partial charge is 0.466 e. The molecule has 0 bridgehead atoms. The largest absolute Gasteiger partial charge is 0.466 e. The van der Waals surface area contributed by atoms with E-state index < -0.39 is 7.82 Å². The number of aliphatic hydroxyl groups is 1. The van der Waals surface area contributed by atoms with Crippen LogP contribution in [-0.4, -0.2) is 44.9 Å². The third-order valence-corrected chi connectivity index (χ3v) is 0.348. The van der Waals surface area contributed by atoms with Crippen LogP contribution < -0.4 is 0 Å². The first kappa shape index (κ1) is 23.4. The predicted molar refractivity (Wildman–Crippen MR) is 48.3 cm³/mol. The molecule has 90 valence electrons. The summed E-state index contributed by atoms with van der Waals surface area (Å²) in [7, 11) is -3.64. The van der Waals surface area contributed by atoms with Gasteiger partial charge in [-0.3, -0.25) is 4.79 Å². The van der Waals surface area contributed by atoms with E-state index in [2.05, 4.69) is 4.74 Å². The molecule has 0 rings (SSSR count). The second-order valence-corrected chi connectivity index (χ2v) is 2.46. The number of carbonyl (C=O) groups excluding carboxylic acids is 1. The number of phosphoric acid groups is 1. The molecule has 0 aliphatic heterocycles. The summed E-state index contributed by atoms with van der Waals surface area (Å²) in [5.74, 6) is -0.211. The molecule has 0 spiro atoms. The van der Waals surface area contributed by atoms with Crippen molar-refractivity contribution in [2.45, 2.75) is 13.8 Å². The molecule has 0 atom stereocenters. The van der Waals surface area contributed by atoms with Crippen LogP contribution in [0.3, 0.4) is 0 Å². The fourth-order valence-corrected chi connectivity index (χ4v) is 0.203. The van der Waals surface area contributed by atoms with Gasteiger partial charge in [0.1, 0.15) is 0 Å². The van der Waals surface area contributed by atoms with E-state index in [1.165, 1.54) is 6.92 Å². The van der Waals surface area contributed by atoms with Gasteiger partial charge in [-0.05, 0) is 6.92 Å². The Morgan fingerprint density at radius 1 is 1.29 bits per heavy atom. The Morgan fingerprint density at radius 3 is 1.50 bits per heavy atom. The van der Waals surface area contributed by atoms with Crippen molar-refractivity contribution >= 4 is 13.8 Å². The third kappa shape index (κ3) is 203. The summed E-state index contributed by atoms with van der Waals surface area (Å²) in [5, 5.41) is 7.00. The zero-order valence-corrected chi connectivity index (χ0v) is 9.06. The van der Waals surface area contributed by atoms with Crippen molar-refractivity contribution in [2.24, 2.45) is 0 Å². The van der Waals surface area contributed by atoms with Crippen LogP contribution in [0.1, 0.15) is 13.8 Å². The minimum absolute atomic E-state index is 0. The summed E-state index contributed by atoms with van der Waals surface area (Å²) in [4.78, 5) is 31.4. The van der Waals surface area contributed by atoms with Crippen LogP contribution in [0.4, 0.5) is 0 Å². The van der Waals surface area contributed by atoms with Crippen molar-refractivity contribution in [3.05, 3.63) is 0 Å². The number of carbonyl (C=O) groups is 1. The minimum Gasteiger partial charge on any atom is -0.466 e. The minimum atomic E-state index is -4.64.